The van der Waals surface area contributed by atoms with Crippen LogP contribution in [0.1, 0.15) is 27.2 Å². The first-order valence-corrected chi connectivity index (χ1v) is 3.85. The van der Waals surface area contributed by atoms with Crippen LogP contribution in [-0.2, 0) is 0 Å². The highest BCUT2D eigenvalue weighted by molar-refractivity contribution is 5.43. The van der Waals surface area contributed by atoms with Crippen molar-refractivity contribution in [2.24, 2.45) is 5.41 Å². The zero-order chi connectivity index (χ0) is 8.48. The highest BCUT2D eigenvalue weighted by Crippen LogP contribution is 2.32. The summed E-state index contributed by atoms with van der Waals surface area (Å²) in [5.74, 6) is 0. The number of hydrogen-bond donors (Lipinski definition) is 0. The van der Waals surface area contributed by atoms with Crippen molar-refractivity contribution >= 4 is 0 Å². The van der Waals surface area contributed by atoms with Crippen LogP contribution in [0.4, 0.5) is 0 Å². The first-order valence-electron chi connectivity index (χ1n) is 3.85. The number of allylic oxidation sites excluding steroid dienone is 4. The molecule has 0 N–H and O–H groups in total. The molecule has 1 heteroatoms. The molecule has 0 radical (unpaired) electrons. The van der Waals surface area contributed by atoms with Crippen LogP contribution in [0.25, 0.3) is 0 Å². The van der Waals surface area contributed by atoms with Crippen molar-refractivity contribution < 1.29 is 0 Å². The largest absolute Gasteiger partial charge is 0.192 e. The topological polar surface area (TPSA) is 23.8 Å². The summed E-state index contributed by atoms with van der Waals surface area (Å²) >= 11 is 0. The SMILES string of the molecule is CC(C)(C)C1=CC(C#N)=CC1. The summed E-state index contributed by atoms with van der Waals surface area (Å²) in [7, 11) is 0. The van der Waals surface area contributed by atoms with Crippen LogP contribution in [0.2, 0.25) is 0 Å². The molecule has 0 saturated heterocycles. The third kappa shape index (κ3) is 1.71. The van der Waals surface area contributed by atoms with E-state index in [2.05, 4.69) is 26.8 Å². The highest BCUT2D eigenvalue weighted by atomic mass is 14.3. The molecule has 0 saturated carbocycles. The van der Waals surface area contributed by atoms with Crippen molar-refractivity contribution in [1.82, 2.24) is 0 Å². The Hall–Kier alpha value is -1.03. The van der Waals surface area contributed by atoms with Crippen LogP contribution in [0.3, 0.4) is 0 Å². The van der Waals surface area contributed by atoms with Gasteiger partial charge in [0.15, 0.2) is 0 Å². The van der Waals surface area contributed by atoms with Gasteiger partial charge in [0.2, 0.25) is 0 Å². The fraction of sp³-hybridized carbons (Fsp3) is 0.500. The quantitative estimate of drug-likeness (QED) is 0.517. The summed E-state index contributed by atoms with van der Waals surface area (Å²) in [4.78, 5) is 0. The van der Waals surface area contributed by atoms with Gasteiger partial charge in [-0.15, -0.1) is 0 Å². The molecule has 11 heavy (non-hydrogen) atoms. The number of nitriles is 1. The Balaban J connectivity index is 2.79. The van der Waals surface area contributed by atoms with Gasteiger partial charge in [0.1, 0.15) is 0 Å². The molecule has 0 heterocycles. The Labute approximate surface area is 68.0 Å². The number of hydrogen-bond acceptors (Lipinski definition) is 1. The standard InChI is InChI=1S/C10H13N/c1-10(2,3)9-5-4-8(6-9)7-11/h4,6H,5H2,1-3H3. The van der Waals surface area contributed by atoms with Gasteiger partial charge in [0.05, 0.1) is 6.07 Å². The van der Waals surface area contributed by atoms with Crippen molar-refractivity contribution in [3.8, 4) is 6.07 Å². The lowest BCUT2D eigenvalue weighted by molar-refractivity contribution is 0.496. The summed E-state index contributed by atoms with van der Waals surface area (Å²) in [6.07, 6.45) is 4.94. The molecule has 0 amide bonds. The Morgan fingerprint density at radius 2 is 2.09 bits per heavy atom. The molecule has 1 aliphatic carbocycles. The molecule has 0 unspecified atom stereocenters. The maximum Gasteiger partial charge on any atom is 0.0988 e. The van der Waals surface area contributed by atoms with Gasteiger partial charge >= 0.3 is 0 Å². The average Bonchev–Trinajstić information content (AvgIpc) is 2.32. The Kier molecular flexibility index (Phi) is 1.87. The molecular weight excluding hydrogens is 134 g/mol. The van der Waals surface area contributed by atoms with Crippen LogP contribution in [-0.4, -0.2) is 0 Å². The van der Waals surface area contributed by atoms with E-state index in [1.165, 1.54) is 5.57 Å². The molecule has 0 fully saturated rings. The summed E-state index contributed by atoms with van der Waals surface area (Å²) in [5, 5.41) is 8.59. The monoisotopic (exact) mass is 147 g/mol. The fourth-order valence-corrected chi connectivity index (χ4v) is 1.13. The van der Waals surface area contributed by atoms with Gasteiger partial charge in [-0.05, 0) is 17.9 Å². The predicted octanol–water partition coefficient (Wildman–Crippen LogP) is 2.81. The second-order valence-electron chi connectivity index (χ2n) is 3.89. The average molecular weight is 147 g/mol. The van der Waals surface area contributed by atoms with Gasteiger partial charge in [0, 0.05) is 5.57 Å². The second kappa shape index (κ2) is 2.54. The van der Waals surface area contributed by atoms with Gasteiger partial charge in [-0.1, -0.05) is 32.4 Å². The van der Waals surface area contributed by atoms with Crippen LogP contribution >= 0.6 is 0 Å². The molecule has 1 nitrogen and oxygen atoms in total. The zero-order valence-corrected chi connectivity index (χ0v) is 7.31. The van der Waals surface area contributed by atoms with Gasteiger partial charge < -0.3 is 0 Å². The molecule has 0 bridgehead atoms. The van der Waals surface area contributed by atoms with E-state index in [1.807, 2.05) is 12.2 Å². The van der Waals surface area contributed by atoms with Crippen molar-refractivity contribution in [1.29, 1.82) is 5.26 Å². The molecule has 58 valence electrons. The van der Waals surface area contributed by atoms with Gasteiger partial charge in [-0.25, -0.2) is 0 Å². The fourth-order valence-electron chi connectivity index (χ4n) is 1.13. The van der Waals surface area contributed by atoms with E-state index in [9.17, 15) is 0 Å². The first kappa shape index (κ1) is 8.07. The van der Waals surface area contributed by atoms with E-state index >= 15 is 0 Å². The maximum absolute atomic E-state index is 8.59. The van der Waals surface area contributed by atoms with Crippen LogP contribution in [0, 0.1) is 16.7 Å². The van der Waals surface area contributed by atoms with Gasteiger partial charge in [-0.3, -0.25) is 0 Å². The lowest BCUT2D eigenvalue weighted by atomic mass is 9.86. The molecule has 0 spiro atoms. The molecule has 0 aromatic carbocycles. The molecule has 0 aromatic rings. The summed E-state index contributed by atoms with van der Waals surface area (Å²) in [6.45, 7) is 6.52. The third-order valence-corrected chi connectivity index (χ3v) is 1.96. The zero-order valence-electron chi connectivity index (χ0n) is 7.31. The molecular formula is C10H13N. The van der Waals surface area contributed by atoms with Crippen molar-refractivity contribution in [2.45, 2.75) is 27.2 Å². The minimum absolute atomic E-state index is 0.217. The lowest BCUT2D eigenvalue weighted by Gasteiger charge is -2.19. The van der Waals surface area contributed by atoms with Crippen LogP contribution < -0.4 is 0 Å². The highest BCUT2D eigenvalue weighted by Gasteiger charge is 2.19. The molecule has 0 aliphatic heterocycles. The summed E-state index contributed by atoms with van der Waals surface area (Å²) < 4.78 is 0. The lowest BCUT2D eigenvalue weighted by Crippen LogP contribution is -2.07. The van der Waals surface area contributed by atoms with E-state index < -0.39 is 0 Å². The Morgan fingerprint density at radius 3 is 2.36 bits per heavy atom. The van der Waals surface area contributed by atoms with E-state index in [0.29, 0.717) is 0 Å². The second-order valence-corrected chi connectivity index (χ2v) is 3.89. The first-order chi connectivity index (χ1) is 5.04. The third-order valence-electron chi connectivity index (χ3n) is 1.96. The maximum atomic E-state index is 8.59. The number of rotatable bonds is 0. The minimum Gasteiger partial charge on any atom is -0.192 e. The van der Waals surface area contributed by atoms with Gasteiger partial charge in [-0.2, -0.15) is 5.26 Å². The van der Waals surface area contributed by atoms with Crippen molar-refractivity contribution in [3.05, 3.63) is 23.3 Å². The smallest absolute Gasteiger partial charge is 0.0988 e. The van der Waals surface area contributed by atoms with Gasteiger partial charge in [0.25, 0.3) is 0 Å². The van der Waals surface area contributed by atoms with Crippen molar-refractivity contribution in [3.63, 3.8) is 0 Å². The van der Waals surface area contributed by atoms with E-state index in [4.69, 9.17) is 5.26 Å². The summed E-state index contributed by atoms with van der Waals surface area (Å²) in [6, 6.07) is 2.15. The predicted molar refractivity (Wildman–Crippen MR) is 45.9 cm³/mol. The van der Waals surface area contributed by atoms with Crippen LogP contribution in [0.5, 0.6) is 0 Å². The Bertz CT molecular complexity index is 256. The number of nitrogens with zero attached hydrogens (tertiary/aromatic N) is 1. The minimum atomic E-state index is 0.217. The normalized spacial score (nSPS) is 17.3. The summed E-state index contributed by atoms with van der Waals surface area (Å²) in [5.41, 5.74) is 2.39. The Morgan fingerprint density at radius 1 is 1.45 bits per heavy atom. The van der Waals surface area contributed by atoms with Crippen molar-refractivity contribution in [2.75, 3.05) is 0 Å². The van der Waals surface area contributed by atoms with E-state index in [-0.39, 0.29) is 5.41 Å². The van der Waals surface area contributed by atoms with E-state index in [1.54, 1.807) is 0 Å². The molecule has 1 rings (SSSR count). The van der Waals surface area contributed by atoms with Crippen LogP contribution in [0.15, 0.2) is 23.3 Å². The molecule has 1 aliphatic rings. The van der Waals surface area contributed by atoms with E-state index in [0.717, 1.165) is 12.0 Å². The molecule has 0 atom stereocenters. The molecule has 0 aromatic heterocycles.